The summed E-state index contributed by atoms with van der Waals surface area (Å²) in [5.41, 5.74) is 2.55. The Labute approximate surface area is 166 Å². The van der Waals surface area contributed by atoms with Crippen LogP contribution < -0.4 is 0 Å². The van der Waals surface area contributed by atoms with E-state index in [2.05, 4.69) is 36.4 Å². The minimum atomic E-state index is -0.699. The van der Waals surface area contributed by atoms with Gasteiger partial charge in [0.2, 0.25) is 0 Å². The summed E-state index contributed by atoms with van der Waals surface area (Å²) in [7, 11) is 1.42. The monoisotopic (exact) mass is 374 g/mol. The number of benzene rings is 3. The van der Waals surface area contributed by atoms with Crippen molar-refractivity contribution in [2.24, 2.45) is 0 Å². The Morgan fingerprint density at radius 1 is 0.714 bits per heavy atom. The maximum absolute atomic E-state index is 11.4. The number of carbonyl (C=O) groups is 1. The molecule has 0 saturated carbocycles. The molecule has 0 amide bonds. The average molecular weight is 374 g/mol. The van der Waals surface area contributed by atoms with Crippen molar-refractivity contribution in [3.05, 3.63) is 108 Å². The lowest BCUT2D eigenvalue weighted by atomic mass is 9.80. The largest absolute Gasteiger partial charge is 0.469 e. The van der Waals surface area contributed by atoms with E-state index in [9.17, 15) is 4.79 Å². The molecule has 0 bridgehead atoms. The minimum absolute atomic E-state index is 0.180. The van der Waals surface area contributed by atoms with Gasteiger partial charge in [-0.05, 0) is 29.5 Å². The van der Waals surface area contributed by atoms with Crippen LogP contribution in [0.15, 0.2) is 91.0 Å². The minimum Gasteiger partial charge on any atom is -0.469 e. The maximum atomic E-state index is 11.4. The first-order chi connectivity index (χ1) is 13.8. The standard InChI is InChI=1S/C25H26O3/c1-27-24(26)19-11-12-20-28-25(21-13-5-2-6-14-21,22-15-7-3-8-16-22)23-17-9-4-10-18-23/h2-10,13-18H,11-12,19-20H2,1H3. The summed E-state index contributed by atoms with van der Waals surface area (Å²) in [6, 6.07) is 30.9. The molecule has 0 spiro atoms. The third-order valence-electron chi connectivity index (χ3n) is 4.86. The molecule has 3 aromatic carbocycles. The third kappa shape index (κ3) is 4.49. The van der Waals surface area contributed by atoms with Crippen molar-refractivity contribution in [2.75, 3.05) is 13.7 Å². The van der Waals surface area contributed by atoms with E-state index in [1.54, 1.807) is 0 Å². The number of unbranched alkanes of at least 4 members (excludes halogenated alkanes) is 1. The molecule has 3 nitrogen and oxygen atoms in total. The first-order valence-electron chi connectivity index (χ1n) is 9.64. The Morgan fingerprint density at radius 3 is 1.54 bits per heavy atom. The second-order valence-electron chi connectivity index (χ2n) is 6.66. The summed E-state index contributed by atoms with van der Waals surface area (Å²) in [5, 5.41) is 0. The van der Waals surface area contributed by atoms with Crippen molar-refractivity contribution in [3.8, 4) is 0 Å². The number of methoxy groups -OCH3 is 1. The van der Waals surface area contributed by atoms with E-state index in [0.717, 1.165) is 29.5 Å². The van der Waals surface area contributed by atoms with Gasteiger partial charge in [-0.15, -0.1) is 0 Å². The molecule has 3 aromatic rings. The van der Waals surface area contributed by atoms with Gasteiger partial charge in [-0.25, -0.2) is 0 Å². The molecule has 0 saturated heterocycles. The van der Waals surface area contributed by atoms with E-state index in [1.807, 2.05) is 54.6 Å². The highest BCUT2D eigenvalue weighted by Gasteiger charge is 2.37. The second-order valence-corrected chi connectivity index (χ2v) is 6.66. The molecule has 0 aliphatic rings. The predicted molar refractivity (Wildman–Crippen MR) is 111 cm³/mol. The first-order valence-corrected chi connectivity index (χ1v) is 9.64. The maximum Gasteiger partial charge on any atom is 0.305 e. The highest BCUT2D eigenvalue weighted by atomic mass is 16.5. The number of esters is 1. The fourth-order valence-electron chi connectivity index (χ4n) is 3.47. The van der Waals surface area contributed by atoms with Gasteiger partial charge in [-0.2, -0.15) is 0 Å². The lowest BCUT2D eigenvalue weighted by Crippen LogP contribution is -2.33. The smallest absolute Gasteiger partial charge is 0.305 e. The topological polar surface area (TPSA) is 35.5 Å². The van der Waals surface area contributed by atoms with E-state index in [4.69, 9.17) is 9.47 Å². The summed E-state index contributed by atoms with van der Waals surface area (Å²) in [5.74, 6) is -0.180. The van der Waals surface area contributed by atoms with Crippen LogP contribution in [0.5, 0.6) is 0 Å². The number of carbonyl (C=O) groups excluding carboxylic acids is 1. The van der Waals surface area contributed by atoms with Crippen LogP contribution in [0.2, 0.25) is 0 Å². The van der Waals surface area contributed by atoms with Gasteiger partial charge in [0, 0.05) is 13.0 Å². The van der Waals surface area contributed by atoms with Crippen LogP contribution in [0.25, 0.3) is 0 Å². The molecular formula is C25H26O3. The second kappa shape index (κ2) is 9.86. The van der Waals surface area contributed by atoms with Crippen molar-refractivity contribution in [3.63, 3.8) is 0 Å². The van der Waals surface area contributed by atoms with Crippen LogP contribution in [0.4, 0.5) is 0 Å². The van der Waals surface area contributed by atoms with Crippen LogP contribution in [-0.2, 0) is 19.9 Å². The number of rotatable bonds is 9. The van der Waals surface area contributed by atoms with E-state index in [-0.39, 0.29) is 5.97 Å². The van der Waals surface area contributed by atoms with E-state index in [0.29, 0.717) is 13.0 Å². The van der Waals surface area contributed by atoms with Crippen LogP contribution in [0.1, 0.15) is 36.0 Å². The Bertz CT molecular complexity index is 748. The van der Waals surface area contributed by atoms with Gasteiger partial charge in [-0.1, -0.05) is 91.0 Å². The summed E-state index contributed by atoms with van der Waals surface area (Å²) in [6.45, 7) is 0.537. The molecule has 0 atom stereocenters. The summed E-state index contributed by atoms with van der Waals surface area (Å²) >= 11 is 0. The fraction of sp³-hybridized carbons (Fsp3) is 0.240. The SMILES string of the molecule is COC(=O)CCCCOC(c1ccccc1)(c1ccccc1)c1ccccc1. The summed E-state index contributed by atoms with van der Waals surface area (Å²) in [6.07, 6.45) is 1.93. The van der Waals surface area contributed by atoms with E-state index in [1.165, 1.54) is 7.11 Å². The molecule has 0 aliphatic carbocycles. The molecule has 28 heavy (non-hydrogen) atoms. The summed E-state index contributed by atoms with van der Waals surface area (Å²) < 4.78 is 11.4. The van der Waals surface area contributed by atoms with E-state index < -0.39 is 5.60 Å². The third-order valence-corrected chi connectivity index (χ3v) is 4.86. The average Bonchev–Trinajstić information content (AvgIpc) is 2.78. The van der Waals surface area contributed by atoms with Crippen LogP contribution in [0.3, 0.4) is 0 Å². The lowest BCUT2D eigenvalue weighted by Gasteiger charge is -2.36. The molecule has 0 N–H and O–H groups in total. The molecule has 3 heteroatoms. The molecule has 144 valence electrons. The van der Waals surface area contributed by atoms with Crippen molar-refractivity contribution in [1.82, 2.24) is 0 Å². The van der Waals surface area contributed by atoms with Gasteiger partial charge in [-0.3, -0.25) is 4.79 Å². The molecule has 0 aliphatic heterocycles. The highest BCUT2D eigenvalue weighted by molar-refractivity contribution is 5.68. The molecule has 0 fully saturated rings. The molecule has 0 heterocycles. The van der Waals surface area contributed by atoms with E-state index >= 15 is 0 Å². The molecular weight excluding hydrogens is 348 g/mol. The van der Waals surface area contributed by atoms with Gasteiger partial charge in [0.05, 0.1) is 7.11 Å². The Balaban J connectivity index is 1.96. The van der Waals surface area contributed by atoms with Gasteiger partial charge in [0.25, 0.3) is 0 Å². The van der Waals surface area contributed by atoms with Crippen molar-refractivity contribution >= 4 is 5.97 Å². The van der Waals surface area contributed by atoms with Gasteiger partial charge in [0.1, 0.15) is 5.60 Å². The molecule has 0 radical (unpaired) electrons. The Morgan fingerprint density at radius 2 is 1.14 bits per heavy atom. The van der Waals surface area contributed by atoms with Crippen LogP contribution in [-0.4, -0.2) is 19.7 Å². The zero-order valence-electron chi connectivity index (χ0n) is 16.2. The molecule has 0 unspecified atom stereocenters. The number of hydrogen-bond donors (Lipinski definition) is 0. The zero-order valence-corrected chi connectivity index (χ0v) is 16.2. The normalized spacial score (nSPS) is 11.2. The zero-order chi connectivity index (χ0) is 19.7. The van der Waals surface area contributed by atoms with Gasteiger partial charge >= 0.3 is 5.97 Å². The van der Waals surface area contributed by atoms with Crippen molar-refractivity contribution in [1.29, 1.82) is 0 Å². The summed E-state index contributed by atoms with van der Waals surface area (Å²) in [4.78, 5) is 11.4. The fourth-order valence-corrected chi connectivity index (χ4v) is 3.47. The molecule has 3 rings (SSSR count). The van der Waals surface area contributed by atoms with Crippen molar-refractivity contribution < 1.29 is 14.3 Å². The number of ether oxygens (including phenoxy) is 2. The Hall–Kier alpha value is -2.91. The van der Waals surface area contributed by atoms with Gasteiger partial charge in [0.15, 0.2) is 0 Å². The predicted octanol–water partition coefficient (Wildman–Crippen LogP) is 5.34. The first kappa shape index (κ1) is 19.8. The van der Waals surface area contributed by atoms with Crippen LogP contribution in [0, 0.1) is 0 Å². The lowest BCUT2D eigenvalue weighted by molar-refractivity contribution is -0.140. The molecule has 0 aromatic heterocycles. The van der Waals surface area contributed by atoms with Crippen LogP contribution >= 0.6 is 0 Å². The Kier molecular flexibility index (Phi) is 6.99. The van der Waals surface area contributed by atoms with Gasteiger partial charge < -0.3 is 9.47 Å². The highest BCUT2D eigenvalue weighted by Crippen LogP contribution is 2.40. The van der Waals surface area contributed by atoms with Crippen molar-refractivity contribution in [2.45, 2.75) is 24.9 Å². The quantitative estimate of drug-likeness (QED) is 0.288. The number of hydrogen-bond acceptors (Lipinski definition) is 3.